The molecule has 1 aliphatic carbocycles. The topological polar surface area (TPSA) is 75.3 Å². The van der Waals surface area contributed by atoms with Gasteiger partial charge in [-0.2, -0.15) is 0 Å². The summed E-state index contributed by atoms with van der Waals surface area (Å²) in [6, 6.07) is -0.490. The minimum Gasteiger partial charge on any atom is -0.394 e. The Morgan fingerprint density at radius 3 is 2.71 bits per heavy atom. The number of hydrogen-bond donors (Lipinski definition) is 3. The van der Waals surface area contributed by atoms with E-state index in [0.717, 1.165) is 19.3 Å². The standard InChI is InChI=1S/C13H26N2O2/c1-9(2)11(14)12(17)15-13(8-16)6-4-5-10(3)7-13/h9-11,16H,4-8,14H2,1-3H3,(H,15,17)/t10?,11-,13?/m1/s1. The zero-order valence-electron chi connectivity index (χ0n) is 11.2. The van der Waals surface area contributed by atoms with Crippen LogP contribution in [0.2, 0.25) is 0 Å². The molecule has 17 heavy (non-hydrogen) atoms. The van der Waals surface area contributed by atoms with Crippen LogP contribution in [0.4, 0.5) is 0 Å². The Hall–Kier alpha value is -0.610. The summed E-state index contributed by atoms with van der Waals surface area (Å²) < 4.78 is 0. The van der Waals surface area contributed by atoms with E-state index in [1.54, 1.807) is 0 Å². The number of carbonyl (C=O) groups is 1. The van der Waals surface area contributed by atoms with E-state index in [-0.39, 0.29) is 18.4 Å². The molecule has 1 rings (SSSR count). The van der Waals surface area contributed by atoms with Crippen molar-refractivity contribution in [2.24, 2.45) is 17.6 Å². The molecule has 0 saturated heterocycles. The van der Waals surface area contributed by atoms with E-state index in [1.165, 1.54) is 6.42 Å². The average molecular weight is 242 g/mol. The average Bonchev–Trinajstić information content (AvgIpc) is 2.27. The van der Waals surface area contributed by atoms with Crippen LogP contribution in [0, 0.1) is 11.8 Å². The molecule has 4 heteroatoms. The molecule has 0 heterocycles. The van der Waals surface area contributed by atoms with Gasteiger partial charge in [0.2, 0.25) is 5.91 Å². The van der Waals surface area contributed by atoms with Gasteiger partial charge in [0, 0.05) is 0 Å². The van der Waals surface area contributed by atoms with Crippen LogP contribution in [-0.2, 0) is 4.79 Å². The van der Waals surface area contributed by atoms with Gasteiger partial charge in [-0.3, -0.25) is 4.79 Å². The van der Waals surface area contributed by atoms with Crippen molar-refractivity contribution in [3.63, 3.8) is 0 Å². The Bertz CT molecular complexity index is 268. The summed E-state index contributed by atoms with van der Waals surface area (Å²) in [5, 5.41) is 12.6. The third-order valence-electron chi connectivity index (χ3n) is 3.80. The molecule has 0 radical (unpaired) electrons. The molecule has 1 amide bonds. The molecule has 0 spiro atoms. The second kappa shape index (κ2) is 5.83. The van der Waals surface area contributed by atoms with E-state index >= 15 is 0 Å². The lowest BCUT2D eigenvalue weighted by Crippen LogP contribution is -2.58. The summed E-state index contributed by atoms with van der Waals surface area (Å²) in [6.45, 7) is 6.03. The molecule has 0 aliphatic heterocycles. The number of aliphatic hydroxyl groups is 1. The quantitative estimate of drug-likeness (QED) is 0.689. The monoisotopic (exact) mass is 242 g/mol. The molecule has 4 nitrogen and oxygen atoms in total. The molecule has 100 valence electrons. The Morgan fingerprint density at radius 2 is 2.24 bits per heavy atom. The Balaban J connectivity index is 2.65. The van der Waals surface area contributed by atoms with Crippen LogP contribution < -0.4 is 11.1 Å². The highest BCUT2D eigenvalue weighted by molar-refractivity contribution is 5.82. The van der Waals surface area contributed by atoms with E-state index in [4.69, 9.17) is 5.73 Å². The van der Waals surface area contributed by atoms with Crippen LogP contribution in [0.5, 0.6) is 0 Å². The number of nitrogens with two attached hydrogens (primary N) is 1. The lowest BCUT2D eigenvalue weighted by Gasteiger charge is -2.40. The van der Waals surface area contributed by atoms with Crippen LogP contribution >= 0.6 is 0 Å². The molecule has 0 aromatic rings. The van der Waals surface area contributed by atoms with Gasteiger partial charge in [-0.05, 0) is 24.7 Å². The summed E-state index contributed by atoms with van der Waals surface area (Å²) in [4.78, 5) is 12.0. The highest BCUT2D eigenvalue weighted by Gasteiger charge is 2.37. The van der Waals surface area contributed by atoms with E-state index in [0.29, 0.717) is 5.92 Å². The summed E-state index contributed by atoms with van der Waals surface area (Å²) in [6.07, 6.45) is 3.93. The van der Waals surface area contributed by atoms with Crippen molar-refractivity contribution in [3.8, 4) is 0 Å². The highest BCUT2D eigenvalue weighted by atomic mass is 16.3. The fraction of sp³-hybridized carbons (Fsp3) is 0.923. The normalized spacial score (nSPS) is 31.3. The third-order valence-corrected chi connectivity index (χ3v) is 3.80. The number of rotatable bonds is 4. The summed E-state index contributed by atoms with van der Waals surface area (Å²) in [5.74, 6) is 0.529. The molecule has 1 aliphatic rings. The van der Waals surface area contributed by atoms with Gasteiger partial charge in [0.25, 0.3) is 0 Å². The lowest BCUT2D eigenvalue weighted by molar-refractivity contribution is -0.126. The van der Waals surface area contributed by atoms with E-state index < -0.39 is 11.6 Å². The Morgan fingerprint density at radius 1 is 1.59 bits per heavy atom. The SMILES string of the molecule is CC1CCCC(CO)(NC(=O)[C@H](N)C(C)C)C1. The highest BCUT2D eigenvalue weighted by Crippen LogP contribution is 2.32. The van der Waals surface area contributed by atoms with Crippen molar-refractivity contribution in [2.45, 2.75) is 58.0 Å². The minimum atomic E-state index is -0.490. The van der Waals surface area contributed by atoms with Crippen molar-refractivity contribution in [3.05, 3.63) is 0 Å². The minimum absolute atomic E-state index is 0.00783. The maximum Gasteiger partial charge on any atom is 0.237 e. The van der Waals surface area contributed by atoms with Crippen LogP contribution in [0.1, 0.15) is 46.5 Å². The molecule has 3 atom stereocenters. The molecule has 0 aromatic heterocycles. The van der Waals surface area contributed by atoms with Gasteiger partial charge in [-0.25, -0.2) is 0 Å². The van der Waals surface area contributed by atoms with Crippen molar-refractivity contribution in [1.82, 2.24) is 5.32 Å². The first-order valence-electron chi connectivity index (χ1n) is 6.58. The molecular formula is C13H26N2O2. The van der Waals surface area contributed by atoms with E-state index in [2.05, 4.69) is 12.2 Å². The van der Waals surface area contributed by atoms with Gasteiger partial charge in [-0.1, -0.05) is 33.6 Å². The molecule has 0 aromatic carbocycles. The fourth-order valence-corrected chi connectivity index (χ4v) is 2.60. The molecule has 1 saturated carbocycles. The van der Waals surface area contributed by atoms with Gasteiger partial charge in [0.15, 0.2) is 0 Å². The van der Waals surface area contributed by atoms with Crippen LogP contribution in [0.3, 0.4) is 0 Å². The second-order valence-electron chi connectivity index (χ2n) is 5.90. The third kappa shape index (κ3) is 3.68. The number of amides is 1. The van der Waals surface area contributed by atoms with Crippen LogP contribution in [-0.4, -0.2) is 29.2 Å². The van der Waals surface area contributed by atoms with Crippen LogP contribution in [0.25, 0.3) is 0 Å². The van der Waals surface area contributed by atoms with Crippen molar-refractivity contribution in [2.75, 3.05) is 6.61 Å². The zero-order valence-corrected chi connectivity index (χ0v) is 11.2. The maximum atomic E-state index is 12.0. The zero-order chi connectivity index (χ0) is 13.1. The first-order valence-corrected chi connectivity index (χ1v) is 6.58. The number of hydrogen-bond acceptors (Lipinski definition) is 3. The van der Waals surface area contributed by atoms with Crippen LogP contribution in [0.15, 0.2) is 0 Å². The largest absolute Gasteiger partial charge is 0.394 e. The first kappa shape index (κ1) is 14.5. The lowest BCUT2D eigenvalue weighted by atomic mass is 9.76. The summed E-state index contributed by atoms with van der Waals surface area (Å²) in [7, 11) is 0. The summed E-state index contributed by atoms with van der Waals surface area (Å²) in [5.41, 5.74) is 5.39. The van der Waals surface area contributed by atoms with Crippen molar-refractivity contribution in [1.29, 1.82) is 0 Å². The number of aliphatic hydroxyl groups excluding tert-OH is 1. The van der Waals surface area contributed by atoms with Gasteiger partial charge in [0.05, 0.1) is 18.2 Å². The van der Waals surface area contributed by atoms with E-state index in [9.17, 15) is 9.90 Å². The number of carbonyl (C=O) groups excluding carboxylic acids is 1. The van der Waals surface area contributed by atoms with E-state index in [1.807, 2.05) is 13.8 Å². The predicted octanol–water partition coefficient (Wildman–Crippen LogP) is 1.03. The van der Waals surface area contributed by atoms with Gasteiger partial charge in [-0.15, -0.1) is 0 Å². The van der Waals surface area contributed by atoms with Crippen molar-refractivity contribution < 1.29 is 9.90 Å². The van der Waals surface area contributed by atoms with Gasteiger partial charge < -0.3 is 16.2 Å². The molecule has 0 bridgehead atoms. The molecular weight excluding hydrogens is 216 g/mol. The first-order chi connectivity index (χ1) is 7.90. The predicted molar refractivity (Wildman–Crippen MR) is 68.4 cm³/mol. The molecule has 4 N–H and O–H groups in total. The van der Waals surface area contributed by atoms with Gasteiger partial charge in [0.1, 0.15) is 0 Å². The molecule has 1 fully saturated rings. The smallest absolute Gasteiger partial charge is 0.237 e. The Labute approximate surface area is 104 Å². The second-order valence-corrected chi connectivity index (χ2v) is 5.90. The molecule has 2 unspecified atom stereocenters. The summed E-state index contributed by atoms with van der Waals surface area (Å²) >= 11 is 0. The number of nitrogens with one attached hydrogen (secondary N) is 1. The Kier molecular flexibility index (Phi) is 4.95. The van der Waals surface area contributed by atoms with Gasteiger partial charge >= 0.3 is 0 Å². The maximum absolute atomic E-state index is 12.0. The van der Waals surface area contributed by atoms with Crippen molar-refractivity contribution >= 4 is 5.91 Å². The fourth-order valence-electron chi connectivity index (χ4n) is 2.60.